The van der Waals surface area contributed by atoms with E-state index in [4.69, 9.17) is 9.15 Å². The molecular weight excluding hydrogens is 328 g/mol. The topological polar surface area (TPSA) is 54.7 Å². The zero-order valence-corrected chi connectivity index (χ0v) is 15.5. The van der Waals surface area contributed by atoms with Crippen molar-refractivity contribution < 1.29 is 13.9 Å². The molecule has 2 aromatic rings. The van der Waals surface area contributed by atoms with Crippen LogP contribution >= 0.6 is 0 Å². The molecule has 1 amide bonds. The number of hydrogen-bond donors (Lipinski definition) is 1. The molecule has 1 aromatic heterocycles. The van der Waals surface area contributed by atoms with Crippen molar-refractivity contribution in [2.45, 2.75) is 45.8 Å². The van der Waals surface area contributed by atoms with Gasteiger partial charge in [0, 0.05) is 12.1 Å². The first-order valence-electron chi connectivity index (χ1n) is 9.49. The summed E-state index contributed by atoms with van der Waals surface area (Å²) in [6.45, 7) is 7.32. The Labute approximate surface area is 154 Å². The molecular formula is C21H26N2O3. The minimum Gasteiger partial charge on any atom is -0.490 e. The summed E-state index contributed by atoms with van der Waals surface area (Å²) in [7, 11) is 0. The van der Waals surface area contributed by atoms with Crippen LogP contribution in [0.25, 0.3) is 0 Å². The Morgan fingerprint density at radius 2 is 2.00 bits per heavy atom. The van der Waals surface area contributed by atoms with Crippen LogP contribution in [-0.2, 0) is 13.0 Å². The van der Waals surface area contributed by atoms with Crippen LogP contribution in [0.5, 0.6) is 5.75 Å². The minimum atomic E-state index is -0.213. The molecule has 3 heterocycles. The first-order chi connectivity index (χ1) is 12.6. The zero-order valence-electron chi connectivity index (χ0n) is 15.5. The van der Waals surface area contributed by atoms with Crippen molar-refractivity contribution in [3.63, 3.8) is 0 Å². The highest BCUT2D eigenvalue weighted by atomic mass is 16.5. The van der Waals surface area contributed by atoms with Crippen LogP contribution in [0.15, 0.2) is 34.7 Å². The summed E-state index contributed by atoms with van der Waals surface area (Å²) in [4.78, 5) is 14.9. The van der Waals surface area contributed by atoms with Crippen LogP contribution in [0.4, 0.5) is 5.69 Å². The van der Waals surface area contributed by atoms with E-state index >= 15 is 0 Å². The third-order valence-electron chi connectivity index (χ3n) is 5.30. The van der Waals surface area contributed by atoms with Gasteiger partial charge in [-0.1, -0.05) is 6.92 Å². The molecule has 1 N–H and O–H groups in total. The summed E-state index contributed by atoms with van der Waals surface area (Å²) in [6.07, 6.45) is 3.53. The molecule has 5 nitrogen and oxygen atoms in total. The van der Waals surface area contributed by atoms with Gasteiger partial charge in [0.05, 0.1) is 6.54 Å². The number of carbonyl (C=O) groups is 1. The highest BCUT2D eigenvalue weighted by molar-refractivity contribution is 6.02. The van der Waals surface area contributed by atoms with Gasteiger partial charge >= 0.3 is 0 Å². The maximum Gasteiger partial charge on any atom is 0.291 e. The fourth-order valence-corrected chi connectivity index (χ4v) is 3.72. The number of ether oxygens (including phenoxy) is 1. The van der Waals surface area contributed by atoms with Crippen LogP contribution < -0.4 is 10.1 Å². The number of benzene rings is 1. The number of carbonyl (C=O) groups excluding carboxylic acids is 1. The average molecular weight is 354 g/mol. The molecule has 0 radical (unpaired) electrons. The molecule has 138 valence electrons. The van der Waals surface area contributed by atoms with E-state index < -0.39 is 0 Å². The smallest absolute Gasteiger partial charge is 0.291 e. The predicted molar refractivity (Wildman–Crippen MR) is 101 cm³/mol. The van der Waals surface area contributed by atoms with Crippen LogP contribution in [0.1, 0.15) is 48.6 Å². The van der Waals surface area contributed by atoms with Crippen molar-refractivity contribution in [3.05, 3.63) is 47.4 Å². The van der Waals surface area contributed by atoms with Crippen LogP contribution in [0.3, 0.4) is 0 Å². The fourth-order valence-electron chi connectivity index (χ4n) is 3.72. The van der Waals surface area contributed by atoms with Crippen LogP contribution in [-0.4, -0.2) is 30.0 Å². The summed E-state index contributed by atoms with van der Waals surface area (Å²) in [5, 5.41) is 2.92. The maximum absolute atomic E-state index is 12.5. The van der Waals surface area contributed by atoms with E-state index in [2.05, 4.69) is 17.1 Å². The Balaban J connectivity index is 1.37. The molecule has 26 heavy (non-hydrogen) atoms. The van der Waals surface area contributed by atoms with E-state index in [1.807, 2.05) is 31.2 Å². The summed E-state index contributed by atoms with van der Waals surface area (Å²) in [6, 6.07) is 9.43. The third kappa shape index (κ3) is 3.78. The molecule has 1 saturated heterocycles. The Kier molecular flexibility index (Phi) is 4.72. The number of anilines is 1. The number of furan rings is 1. The Morgan fingerprint density at radius 3 is 2.81 bits per heavy atom. The zero-order chi connectivity index (χ0) is 18.1. The quantitative estimate of drug-likeness (QED) is 0.899. The molecule has 1 unspecified atom stereocenters. The first-order valence-corrected chi connectivity index (χ1v) is 9.49. The molecule has 5 heteroatoms. The van der Waals surface area contributed by atoms with Crippen molar-refractivity contribution in [2.75, 3.05) is 18.4 Å². The van der Waals surface area contributed by atoms with Crippen LogP contribution in [0, 0.1) is 5.92 Å². The van der Waals surface area contributed by atoms with Gasteiger partial charge in [-0.15, -0.1) is 0 Å². The SMILES string of the molecule is CC1CCN(Cc2ccc(C(=O)Nc3ccc4c(c3)CC(C)O4)o2)CC1. The lowest BCUT2D eigenvalue weighted by atomic mass is 9.99. The van der Waals surface area contributed by atoms with Crippen molar-refractivity contribution in [2.24, 2.45) is 5.92 Å². The molecule has 0 saturated carbocycles. The molecule has 1 fully saturated rings. The van der Waals surface area contributed by atoms with E-state index in [-0.39, 0.29) is 12.0 Å². The number of amides is 1. The van der Waals surface area contributed by atoms with Gasteiger partial charge in [-0.25, -0.2) is 0 Å². The number of nitrogens with zero attached hydrogens (tertiary/aromatic N) is 1. The molecule has 1 atom stereocenters. The highest BCUT2D eigenvalue weighted by Crippen LogP contribution is 2.31. The highest BCUT2D eigenvalue weighted by Gasteiger charge is 2.21. The lowest BCUT2D eigenvalue weighted by molar-refractivity contribution is 0.0991. The molecule has 0 aliphatic carbocycles. The van der Waals surface area contributed by atoms with Crippen molar-refractivity contribution in [3.8, 4) is 5.75 Å². The van der Waals surface area contributed by atoms with Gasteiger partial charge in [0.1, 0.15) is 17.6 Å². The van der Waals surface area contributed by atoms with E-state index in [1.165, 1.54) is 12.8 Å². The second-order valence-electron chi connectivity index (χ2n) is 7.63. The van der Waals surface area contributed by atoms with Gasteiger partial charge in [0.15, 0.2) is 5.76 Å². The summed E-state index contributed by atoms with van der Waals surface area (Å²) in [5.41, 5.74) is 1.91. The molecule has 2 aliphatic rings. The monoisotopic (exact) mass is 354 g/mol. The van der Waals surface area contributed by atoms with Crippen molar-refractivity contribution in [1.29, 1.82) is 0 Å². The predicted octanol–water partition coefficient (Wildman–Crippen LogP) is 4.09. The van der Waals surface area contributed by atoms with Crippen molar-refractivity contribution >= 4 is 11.6 Å². The fraction of sp³-hybridized carbons (Fsp3) is 0.476. The summed E-state index contributed by atoms with van der Waals surface area (Å²) < 4.78 is 11.5. The largest absolute Gasteiger partial charge is 0.490 e. The number of rotatable bonds is 4. The lowest BCUT2D eigenvalue weighted by Crippen LogP contribution is -2.32. The average Bonchev–Trinajstić information content (AvgIpc) is 3.22. The lowest BCUT2D eigenvalue weighted by Gasteiger charge is -2.29. The van der Waals surface area contributed by atoms with Gasteiger partial charge in [-0.3, -0.25) is 9.69 Å². The second kappa shape index (κ2) is 7.16. The Morgan fingerprint density at radius 1 is 1.19 bits per heavy atom. The molecule has 0 spiro atoms. The van der Waals surface area contributed by atoms with E-state index in [0.29, 0.717) is 5.76 Å². The molecule has 1 aromatic carbocycles. The first kappa shape index (κ1) is 17.2. The number of likely N-dealkylation sites (tertiary alicyclic amines) is 1. The molecule has 4 rings (SSSR count). The number of hydrogen-bond acceptors (Lipinski definition) is 4. The standard InChI is InChI=1S/C21H26N2O3/c1-14-7-9-23(10-8-14)13-18-4-6-20(26-18)21(24)22-17-3-5-19-16(12-17)11-15(2)25-19/h3-6,12,14-15H,7-11,13H2,1-2H3,(H,22,24). The summed E-state index contributed by atoms with van der Waals surface area (Å²) in [5.74, 6) is 2.71. The Bertz CT molecular complexity index is 790. The van der Waals surface area contributed by atoms with E-state index in [9.17, 15) is 4.79 Å². The van der Waals surface area contributed by atoms with Gasteiger partial charge in [0.2, 0.25) is 0 Å². The van der Waals surface area contributed by atoms with Gasteiger partial charge in [0.25, 0.3) is 5.91 Å². The number of nitrogens with one attached hydrogen (secondary N) is 1. The maximum atomic E-state index is 12.5. The molecule has 2 aliphatic heterocycles. The second-order valence-corrected chi connectivity index (χ2v) is 7.63. The summed E-state index contributed by atoms with van der Waals surface area (Å²) >= 11 is 0. The van der Waals surface area contributed by atoms with E-state index in [1.54, 1.807) is 6.07 Å². The number of fused-ring (bicyclic) bond motifs is 1. The van der Waals surface area contributed by atoms with Crippen molar-refractivity contribution in [1.82, 2.24) is 4.90 Å². The Hall–Kier alpha value is -2.27. The van der Waals surface area contributed by atoms with Gasteiger partial charge in [-0.05, 0) is 74.7 Å². The third-order valence-corrected chi connectivity index (χ3v) is 5.30. The van der Waals surface area contributed by atoms with Gasteiger partial charge in [-0.2, -0.15) is 0 Å². The normalized spacial score (nSPS) is 20.6. The van der Waals surface area contributed by atoms with E-state index in [0.717, 1.165) is 54.7 Å². The molecule has 0 bridgehead atoms. The van der Waals surface area contributed by atoms with Crippen LogP contribution in [0.2, 0.25) is 0 Å². The van der Waals surface area contributed by atoms with Gasteiger partial charge < -0.3 is 14.5 Å². The number of piperidine rings is 1. The minimum absolute atomic E-state index is 0.196.